The van der Waals surface area contributed by atoms with Crippen LogP contribution in [0.2, 0.25) is 0 Å². The van der Waals surface area contributed by atoms with Gasteiger partial charge in [0.15, 0.2) is 11.5 Å². The van der Waals surface area contributed by atoms with Gasteiger partial charge < -0.3 is 5.73 Å². The molecule has 3 aromatic rings. The number of benzene rings is 2. The topological polar surface area (TPSA) is 106 Å². The van der Waals surface area contributed by atoms with Crippen LogP contribution < -0.4 is 5.73 Å². The molecule has 0 unspecified atom stereocenters. The molecule has 1 aliphatic heterocycles. The Balaban J connectivity index is 1.61. The molecule has 8 nitrogen and oxygen atoms in total. The predicted octanol–water partition coefficient (Wildman–Crippen LogP) is 4.66. The van der Waals surface area contributed by atoms with Crippen LogP contribution in [0, 0.1) is 13.8 Å². The normalized spacial score (nSPS) is 15.5. The van der Waals surface area contributed by atoms with Crippen LogP contribution in [0.1, 0.15) is 30.5 Å². The lowest BCUT2D eigenvalue weighted by atomic mass is 10.2. The minimum Gasteiger partial charge on any atom is -0.382 e. The van der Waals surface area contributed by atoms with Gasteiger partial charge in [-0.05, 0) is 57.0 Å². The van der Waals surface area contributed by atoms with Gasteiger partial charge in [0, 0.05) is 13.1 Å². The number of nitrogen functional groups attached to an aromatic ring is 1. The number of nitrogens with zero attached hydrogens (tertiary/aromatic N) is 5. The van der Waals surface area contributed by atoms with Crippen molar-refractivity contribution in [2.24, 2.45) is 10.2 Å². The molecule has 2 aromatic carbocycles. The number of sulfonamides is 1. The maximum Gasteiger partial charge on any atom is 0.243 e. The van der Waals surface area contributed by atoms with Gasteiger partial charge in [-0.15, -0.1) is 5.11 Å². The van der Waals surface area contributed by atoms with Crippen molar-refractivity contribution in [2.45, 2.75) is 38.0 Å². The summed E-state index contributed by atoms with van der Waals surface area (Å²) in [5, 5.41) is 13.0. The Hall–Kier alpha value is -3.04. The molecule has 0 spiro atoms. The van der Waals surface area contributed by atoms with E-state index in [4.69, 9.17) is 5.73 Å². The van der Waals surface area contributed by atoms with E-state index < -0.39 is 10.0 Å². The number of hydrogen-bond acceptors (Lipinski definition) is 6. The lowest BCUT2D eigenvalue weighted by molar-refractivity contribution is 0.346. The van der Waals surface area contributed by atoms with Crippen molar-refractivity contribution >= 4 is 27.2 Å². The molecule has 0 aliphatic carbocycles. The third-order valence-corrected chi connectivity index (χ3v) is 7.27. The van der Waals surface area contributed by atoms with Crippen LogP contribution in [0.4, 0.5) is 17.2 Å². The second-order valence-corrected chi connectivity index (χ2v) is 9.67. The van der Waals surface area contributed by atoms with Crippen LogP contribution in [0.25, 0.3) is 5.69 Å². The number of azo groups is 1. The first kappa shape index (κ1) is 21.2. The highest BCUT2D eigenvalue weighted by Gasteiger charge is 2.26. The third kappa shape index (κ3) is 4.38. The Kier molecular flexibility index (Phi) is 5.88. The highest BCUT2D eigenvalue weighted by Crippen LogP contribution is 2.31. The fourth-order valence-electron chi connectivity index (χ4n) is 3.61. The Labute approximate surface area is 182 Å². The Morgan fingerprint density at radius 3 is 2.39 bits per heavy atom. The zero-order chi connectivity index (χ0) is 22.0. The van der Waals surface area contributed by atoms with E-state index in [-0.39, 0.29) is 4.90 Å². The molecule has 1 saturated heterocycles. The largest absolute Gasteiger partial charge is 0.382 e. The summed E-state index contributed by atoms with van der Waals surface area (Å²) in [6.45, 7) is 4.94. The summed E-state index contributed by atoms with van der Waals surface area (Å²) >= 11 is 0. The van der Waals surface area contributed by atoms with Gasteiger partial charge in [0.05, 0.1) is 22.0 Å². The molecule has 4 rings (SSSR count). The zero-order valence-electron chi connectivity index (χ0n) is 17.7. The smallest absolute Gasteiger partial charge is 0.243 e. The summed E-state index contributed by atoms with van der Waals surface area (Å²) in [4.78, 5) is 0.228. The van der Waals surface area contributed by atoms with Crippen LogP contribution in [-0.4, -0.2) is 35.6 Å². The highest BCUT2D eigenvalue weighted by molar-refractivity contribution is 7.89. The molecule has 1 fully saturated rings. The van der Waals surface area contributed by atoms with Crippen LogP contribution in [0.3, 0.4) is 0 Å². The quantitative estimate of drug-likeness (QED) is 0.585. The van der Waals surface area contributed by atoms with Gasteiger partial charge in [0.1, 0.15) is 0 Å². The van der Waals surface area contributed by atoms with Crippen LogP contribution in [0.15, 0.2) is 63.7 Å². The van der Waals surface area contributed by atoms with Gasteiger partial charge in [-0.1, -0.05) is 30.2 Å². The minimum absolute atomic E-state index is 0.228. The molecule has 0 saturated carbocycles. The molecule has 0 atom stereocenters. The van der Waals surface area contributed by atoms with Gasteiger partial charge in [-0.25, -0.2) is 13.1 Å². The van der Waals surface area contributed by atoms with E-state index in [0.29, 0.717) is 36.0 Å². The number of anilines is 1. The van der Waals surface area contributed by atoms with E-state index in [1.165, 1.54) is 0 Å². The standard InChI is InChI=1S/C22H26N6O2S/c1-16-9-11-19(12-10-16)28-22(23)21(17(2)26-28)25-24-18-7-6-8-20(15-18)31(29,30)27-13-4-3-5-14-27/h6-12,15H,3-5,13-14,23H2,1-2H3. The Bertz CT molecular complexity index is 1210. The zero-order valence-corrected chi connectivity index (χ0v) is 18.5. The molecule has 2 N–H and O–H groups in total. The molecular formula is C22H26N6O2S. The predicted molar refractivity (Wildman–Crippen MR) is 121 cm³/mol. The SMILES string of the molecule is Cc1ccc(-n2nc(C)c(N=Nc3cccc(S(=O)(=O)N4CCCCC4)c3)c2N)cc1. The monoisotopic (exact) mass is 438 g/mol. The van der Waals surface area contributed by atoms with E-state index in [9.17, 15) is 8.42 Å². The summed E-state index contributed by atoms with van der Waals surface area (Å²) in [7, 11) is -3.53. The maximum atomic E-state index is 12.9. The molecule has 31 heavy (non-hydrogen) atoms. The summed E-state index contributed by atoms with van der Waals surface area (Å²) in [6.07, 6.45) is 2.85. The summed E-state index contributed by atoms with van der Waals surface area (Å²) in [6, 6.07) is 14.4. The number of nitrogens with two attached hydrogens (primary N) is 1. The first-order valence-electron chi connectivity index (χ1n) is 10.3. The second-order valence-electron chi connectivity index (χ2n) is 7.73. The fraction of sp³-hybridized carbons (Fsp3) is 0.318. The number of aryl methyl sites for hydroxylation is 2. The van der Waals surface area contributed by atoms with Crippen molar-refractivity contribution in [3.05, 3.63) is 59.8 Å². The molecule has 0 amide bonds. The van der Waals surface area contributed by atoms with Gasteiger partial charge in [-0.3, -0.25) is 0 Å². The Morgan fingerprint density at radius 1 is 0.968 bits per heavy atom. The molecule has 162 valence electrons. The number of piperidine rings is 1. The van der Waals surface area contributed by atoms with Gasteiger partial charge in [0.25, 0.3) is 0 Å². The number of rotatable bonds is 5. The van der Waals surface area contributed by atoms with Gasteiger partial charge in [0.2, 0.25) is 10.0 Å². The fourth-order valence-corrected chi connectivity index (χ4v) is 5.17. The first-order chi connectivity index (χ1) is 14.9. The molecule has 1 aromatic heterocycles. The Morgan fingerprint density at radius 2 is 1.68 bits per heavy atom. The van der Waals surface area contributed by atoms with E-state index in [1.54, 1.807) is 33.3 Å². The second kappa shape index (κ2) is 8.60. The van der Waals surface area contributed by atoms with Crippen molar-refractivity contribution < 1.29 is 8.42 Å². The maximum absolute atomic E-state index is 12.9. The van der Waals surface area contributed by atoms with Crippen LogP contribution in [0.5, 0.6) is 0 Å². The van der Waals surface area contributed by atoms with Crippen molar-refractivity contribution in [2.75, 3.05) is 18.8 Å². The lowest BCUT2D eigenvalue weighted by Crippen LogP contribution is -2.35. The van der Waals surface area contributed by atoms with Gasteiger partial charge in [-0.2, -0.15) is 14.5 Å². The number of hydrogen-bond donors (Lipinski definition) is 1. The molecular weight excluding hydrogens is 412 g/mol. The average Bonchev–Trinajstić information content (AvgIpc) is 3.07. The summed E-state index contributed by atoms with van der Waals surface area (Å²) in [5.41, 5.74) is 9.80. The van der Waals surface area contributed by atoms with E-state index in [1.807, 2.05) is 38.1 Å². The van der Waals surface area contributed by atoms with E-state index in [0.717, 1.165) is 30.5 Å². The van der Waals surface area contributed by atoms with Crippen LogP contribution >= 0.6 is 0 Å². The molecule has 0 bridgehead atoms. The van der Waals surface area contributed by atoms with E-state index in [2.05, 4.69) is 15.3 Å². The first-order valence-corrected chi connectivity index (χ1v) is 11.7. The summed E-state index contributed by atoms with van der Waals surface area (Å²) < 4.78 is 29.0. The average molecular weight is 439 g/mol. The van der Waals surface area contributed by atoms with Crippen molar-refractivity contribution in [1.29, 1.82) is 0 Å². The van der Waals surface area contributed by atoms with Crippen LogP contribution in [-0.2, 0) is 10.0 Å². The highest BCUT2D eigenvalue weighted by atomic mass is 32.2. The van der Waals surface area contributed by atoms with Crippen molar-refractivity contribution in [3.63, 3.8) is 0 Å². The van der Waals surface area contributed by atoms with Crippen molar-refractivity contribution in [1.82, 2.24) is 14.1 Å². The third-order valence-electron chi connectivity index (χ3n) is 5.38. The van der Waals surface area contributed by atoms with E-state index >= 15 is 0 Å². The van der Waals surface area contributed by atoms with Gasteiger partial charge >= 0.3 is 0 Å². The molecule has 0 radical (unpaired) electrons. The molecule has 2 heterocycles. The summed E-state index contributed by atoms with van der Waals surface area (Å²) in [5.74, 6) is 0.377. The number of aromatic nitrogens is 2. The molecule has 9 heteroatoms. The lowest BCUT2D eigenvalue weighted by Gasteiger charge is -2.25. The van der Waals surface area contributed by atoms with Crippen molar-refractivity contribution in [3.8, 4) is 5.69 Å². The molecule has 1 aliphatic rings. The minimum atomic E-state index is -3.53.